The molecule has 5 rings (SSSR count). The third kappa shape index (κ3) is 6.45. The molecule has 2 heterocycles. The van der Waals surface area contributed by atoms with E-state index >= 15 is 0 Å². The van der Waals surface area contributed by atoms with E-state index in [0.29, 0.717) is 25.2 Å². The standard InChI is InChI=1S/C32H41ClN2O5S/c1-31(2)16-6-5-11-26(36)10-4-3-7-18-35-21-32(17-8-9-23-19-25(33)13-14-27(23)32)22-40-29-15-12-24(20-28(29)35)30(37)34-41(31,38)39/h5-6,12-15,19-20,26,36H,3-4,7-11,16-18,21-22H2,1-2H3,(H,34,37)/b6-5+/t26-,32+/m1/s1. The molecule has 0 aromatic heterocycles. The van der Waals surface area contributed by atoms with Crippen LogP contribution in [0.5, 0.6) is 5.75 Å². The number of benzene rings is 2. The van der Waals surface area contributed by atoms with Gasteiger partial charge in [-0.3, -0.25) is 4.79 Å². The fourth-order valence-corrected chi connectivity index (χ4v) is 7.47. The summed E-state index contributed by atoms with van der Waals surface area (Å²) in [4.78, 5) is 15.6. The maximum Gasteiger partial charge on any atom is 0.264 e. The van der Waals surface area contributed by atoms with Crippen molar-refractivity contribution in [2.45, 2.75) is 87.9 Å². The van der Waals surface area contributed by atoms with Crippen molar-refractivity contribution in [2.75, 3.05) is 24.6 Å². The van der Waals surface area contributed by atoms with Crippen LogP contribution in [0.15, 0.2) is 48.6 Å². The summed E-state index contributed by atoms with van der Waals surface area (Å²) in [6, 6.07) is 11.4. The van der Waals surface area contributed by atoms with E-state index in [0.717, 1.165) is 62.3 Å². The molecule has 2 N–H and O–H groups in total. The molecule has 2 bridgehead atoms. The lowest BCUT2D eigenvalue weighted by molar-refractivity contribution is 0.0980. The highest BCUT2D eigenvalue weighted by atomic mass is 35.5. The second-order valence-corrected chi connectivity index (χ2v) is 15.2. The fourth-order valence-electron chi connectivity index (χ4n) is 6.32. The third-order valence-corrected chi connectivity index (χ3v) is 11.2. The summed E-state index contributed by atoms with van der Waals surface area (Å²) in [5.74, 6) is 0.0376. The van der Waals surface area contributed by atoms with Crippen LogP contribution < -0.4 is 14.4 Å². The number of aliphatic hydroxyl groups excluding tert-OH is 1. The average Bonchev–Trinajstić information content (AvgIpc) is 3.07. The minimum Gasteiger partial charge on any atom is -0.490 e. The first-order chi connectivity index (χ1) is 19.5. The van der Waals surface area contributed by atoms with Gasteiger partial charge in [0.2, 0.25) is 10.0 Å². The molecule has 2 aromatic carbocycles. The van der Waals surface area contributed by atoms with Gasteiger partial charge in [-0.2, -0.15) is 0 Å². The summed E-state index contributed by atoms with van der Waals surface area (Å²) in [7, 11) is -3.98. The lowest BCUT2D eigenvalue weighted by Gasteiger charge is -2.41. The summed E-state index contributed by atoms with van der Waals surface area (Å²) in [6.45, 7) is 5.19. The topological polar surface area (TPSA) is 95.9 Å². The predicted molar refractivity (Wildman–Crippen MR) is 164 cm³/mol. The number of carbonyl (C=O) groups excluding carboxylic acids is 1. The fraction of sp³-hybridized carbons (Fsp3) is 0.531. The van der Waals surface area contributed by atoms with Crippen molar-refractivity contribution in [1.82, 2.24) is 4.72 Å². The van der Waals surface area contributed by atoms with E-state index in [1.165, 1.54) is 11.1 Å². The maximum absolute atomic E-state index is 13.3. The van der Waals surface area contributed by atoms with Crippen molar-refractivity contribution in [1.29, 1.82) is 0 Å². The van der Waals surface area contributed by atoms with Crippen molar-refractivity contribution in [3.8, 4) is 5.75 Å². The van der Waals surface area contributed by atoms with Gasteiger partial charge < -0.3 is 14.7 Å². The Morgan fingerprint density at radius 2 is 1.90 bits per heavy atom. The molecule has 1 amide bonds. The number of amides is 1. The Bertz CT molecular complexity index is 1420. The first-order valence-corrected chi connectivity index (χ1v) is 16.6. The SMILES string of the molecule is CC1(C)C/C=C/C[C@H](O)CCCCCN2C[C@@]3(CCCc4cc(Cl)ccc43)COc3ccc(cc32)C(=O)NS1(=O)=O. The largest absolute Gasteiger partial charge is 0.490 e. The minimum atomic E-state index is -3.98. The number of hydrogen-bond donors (Lipinski definition) is 2. The number of allylic oxidation sites excluding steroid dienone is 1. The van der Waals surface area contributed by atoms with E-state index in [9.17, 15) is 18.3 Å². The van der Waals surface area contributed by atoms with Crippen LogP contribution in [0.3, 0.4) is 0 Å². The molecular formula is C32H41ClN2O5S. The van der Waals surface area contributed by atoms with Gasteiger partial charge in [-0.25, -0.2) is 13.1 Å². The van der Waals surface area contributed by atoms with Gasteiger partial charge in [-0.05, 0) is 100 Å². The molecule has 1 aliphatic carbocycles. The predicted octanol–water partition coefficient (Wildman–Crippen LogP) is 5.92. The zero-order valence-corrected chi connectivity index (χ0v) is 25.6. The molecule has 2 aliphatic heterocycles. The number of anilines is 1. The molecule has 222 valence electrons. The van der Waals surface area contributed by atoms with Gasteiger partial charge in [0, 0.05) is 29.1 Å². The van der Waals surface area contributed by atoms with E-state index in [1.54, 1.807) is 38.1 Å². The third-order valence-electron chi connectivity index (χ3n) is 8.90. The summed E-state index contributed by atoms with van der Waals surface area (Å²) >= 11 is 6.36. The Morgan fingerprint density at radius 3 is 2.73 bits per heavy atom. The molecule has 3 aliphatic rings. The lowest BCUT2D eigenvalue weighted by Crippen LogP contribution is -2.46. The van der Waals surface area contributed by atoms with Crippen molar-refractivity contribution in [3.05, 3.63) is 70.3 Å². The average molecular weight is 601 g/mol. The van der Waals surface area contributed by atoms with Crippen LogP contribution in [0.4, 0.5) is 5.69 Å². The van der Waals surface area contributed by atoms with Crippen molar-refractivity contribution < 1.29 is 23.1 Å². The van der Waals surface area contributed by atoms with Crippen LogP contribution in [-0.4, -0.2) is 50.0 Å². The number of nitrogens with one attached hydrogen (secondary N) is 1. The molecule has 2 aromatic rings. The Balaban J connectivity index is 1.51. The summed E-state index contributed by atoms with van der Waals surface area (Å²) in [5, 5.41) is 11.2. The zero-order valence-electron chi connectivity index (χ0n) is 24.0. The molecule has 0 unspecified atom stereocenters. The Labute approximate surface area is 249 Å². The molecule has 0 saturated heterocycles. The minimum absolute atomic E-state index is 0.225. The molecule has 41 heavy (non-hydrogen) atoms. The molecule has 1 spiro atoms. The van der Waals surface area contributed by atoms with Crippen LogP contribution in [0.25, 0.3) is 0 Å². The van der Waals surface area contributed by atoms with Gasteiger partial charge in [-0.1, -0.05) is 42.7 Å². The number of hydrogen-bond acceptors (Lipinski definition) is 6. The monoisotopic (exact) mass is 600 g/mol. The number of fused-ring (bicyclic) bond motifs is 3. The molecule has 0 radical (unpaired) electrons. The molecule has 2 atom stereocenters. The Kier molecular flexibility index (Phi) is 8.74. The highest BCUT2D eigenvalue weighted by molar-refractivity contribution is 7.91. The normalized spacial score (nSPS) is 27.4. The van der Waals surface area contributed by atoms with Gasteiger partial charge in [0.15, 0.2) is 0 Å². The number of halogens is 1. The van der Waals surface area contributed by atoms with Crippen LogP contribution in [0.1, 0.15) is 86.7 Å². The summed E-state index contributed by atoms with van der Waals surface area (Å²) < 4.78 is 34.0. The van der Waals surface area contributed by atoms with Crippen molar-refractivity contribution in [3.63, 3.8) is 0 Å². The number of carbonyl (C=O) groups is 1. The number of aliphatic hydroxyl groups is 1. The molecular weight excluding hydrogens is 560 g/mol. The Morgan fingerprint density at radius 1 is 1.07 bits per heavy atom. The van der Waals surface area contributed by atoms with Crippen LogP contribution in [-0.2, 0) is 21.9 Å². The first-order valence-electron chi connectivity index (χ1n) is 14.7. The lowest BCUT2D eigenvalue weighted by atomic mass is 9.70. The Hall–Kier alpha value is -2.55. The van der Waals surface area contributed by atoms with Gasteiger partial charge in [0.25, 0.3) is 5.91 Å². The van der Waals surface area contributed by atoms with Crippen LogP contribution in [0, 0.1) is 0 Å². The number of sulfonamides is 1. The number of ether oxygens (including phenoxy) is 1. The van der Waals surface area contributed by atoms with Crippen LogP contribution in [0.2, 0.25) is 5.02 Å². The van der Waals surface area contributed by atoms with E-state index in [4.69, 9.17) is 16.3 Å². The van der Waals surface area contributed by atoms with Gasteiger partial charge in [0.05, 0.1) is 23.1 Å². The van der Waals surface area contributed by atoms with Gasteiger partial charge in [0.1, 0.15) is 5.75 Å². The van der Waals surface area contributed by atoms with E-state index in [2.05, 4.69) is 21.8 Å². The van der Waals surface area contributed by atoms with Crippen molar-refractivity contribution in [2.24, 2.45) is 0 Å². The number of rotatable bonds is 0. The second kappa shape index (κ2) is 12.0. The van der Waals surface area contributed by atoms with E-state index in [-0.39, 0.29) is 17.4 Å². The zero-order chi connectivity index (χ0) is 29.3. The van der Waals surface area contributed by atoms with Gasteiger partial charge in [-0.15, -0.1) is 0 Å². The maximum atomic E-state index is 13.3. The highest BCUT2D eigenvalue weighted by Gasteiger charge is 2.42. The smallest absolute Gasteiger partial charge is 0.264 e. The molecule has 7 nitrogen and oxygen atoms in total. The number of nitrogens with zero attached hydrogens (tertiary/aromatic N) is 1. The second-order valence-electron chi connectivity index (χ2n) is 12.4. The quantitative estimate of drug-likeness (QED) is 0.364. The van der Waals surface area contributed by atoms with Gasteiger partial charge >= 0.3 is 0 Å². The van der Waals surface area contributed by atoms with E-state index < -0.39 is 26.8 Å². The van der Waals surface area contributed by atoms with Crippen molar-refractivity contribution >= 4 is 33.2 Å². The molecule has 9 heteroatoms. The molecule has 0 saturated carbocycles. The summed E-state index contributed by atoms with van der Waals surface area (Å²) in [6.07, 6.45) is 10.3. The summed E-state index contributed by atoms with van der Waals surface area (Å²) in [5.41, 5.74) is 3.38. The highest BCUT2D eigenvalue weighted by Crippen LogP contribution is 2.44. The first kappa shape index (κ1) is 29.9. The van der Waals surface area contributed by atoms with E-state index in [1.807, 2.05) is 12.1 Å². The van der Waals surface area contributed by atoms with Crippen LogP contribution >= 0.6 is 11.6 Å². The number of aryl methyl sites for hydroxylation is 1. The molecule has 0 fully saturated rings.